The van der Waals surface area contributed by atoms with Gasteiger partial charge in [0.15, 0.2) is 5.82 Å². The molecule has 1 amide bonds. The summed E-state index contributed by atoms with van der Waals surface area (Å²) in [7, 11) is 0. The van der Waals surface area contributed by atoms with E-state index in [0.717, 1.165) is 23.4 Å². The van der Waals surface area contributed by atoms with E-state index in [4.69, 9.17) is 0 Å². The van der Waals surface area contributed by atoms with Gasteiger partial charge in [-0.05, 0) is 48.5 Å². The van der Waals surface area contributed by atoms with E-state index >= 15 is 0 Å². The fourth-order valence-corrected chi connectivity index (χ4v) is 3.21. The summed E-state index contributed by atoms with van der Waals surface area (Å²) in [5, 5.41) is 0. The van der Waals surface area contributed by atoms with Gasteiger partial charge in [0, 0.05) is 42.4 Å². The van der Waals surface area contributed by atoms with Gasteiger partial charge >= 0.3 is 6.18 Å². The molecule has 1 aliphatic rings. The molecule has 148 valence electrons. The number of carbonyl (C=O) groups is 1. The molecule has 0 bridgehead atoms. The number of aromatic nitrogens is 2. The Labute approximate surface area is 163 Å². The highest BCUT2D eigenvalue weighted by atomic mass is 19.4. The summed E-state index contributed by atoms with van der Waals surface area (Å²) in [6.07, 6.45) is -2.31. The monoisotopic (exact) mass is 401 g/mol. The van der Waals surface area contributed by atoms with Crippen LogP contribution in [0.15, 0.2) is 54.7 Å². The molecule has 8 heteroatoms. The van der Waals surface area contributed by atoms with Gasteiger partial charge in [0.05, 0.1) is 11.3 Å². The first-order valence-corrected chi connectivity index (χ1v) is 8.88. The van der Waals surface area contributed by atoms with E-state index in [2.05, 4.69) is 9.97 Å². The van der Waals surface area contributed by atoms with Gasteiger partial charge in [-0.2, -0.15) is 13.2 Å². The van der Waals surface area contributed by atoms with Crippen molar-refractivity contribution in [2.75, 3.05) is 6.54 Å². The van der Waals surface area contributed by atoms with Gasteiger partial charge in [0.1, 0.15) is 5.82 Å². The smallest absolute Gasteiger partial charge is 0.334 e. The Kier molecular flexibility index (Phi) is 4.77. The third kappa shape index (κ3) is 3.96. The largest absolute Gasteiger partial charge is 0.416 e. The number of halogens is 4. The molecule has 2 heterocycles. The number of alkyl halides is 3. The van der Waals surface area contributed by atoms with Crippen molar-refractivity contribution in [3.05, 3.63) is 82.9 Å². The average Bonchev–Trinajstić information content (AvgIpc) is 2.72. The fourth-order valence-electron chi connectivity index (χ4n) is 3.21. The van der Waals surface area contributed by atoms with Crippen LogP contribution in [-0.2, 0) is 19.1 Å². The van der Waals surface area contributed by atoms with Crippen molar-refractivity contribution in [1.82, 2.24) is 14.9 Å². The maximum absolute atomic E-state index is 13.1. The van der Waals surface area contributed by atoms with E-state index in [1.807, 2.05) is 0 Å². The highest BCUT2D eigenvalue weighted by Gasteiger charge is 2.31. The van der Waals surface area contributed by atoms with Gasteiger partial charge in [0.25, 0.3) is 5.91 Å². The van der Waals surface area contributed by atoms with Crippen molar-refractivity contribution < 1.29 is 22.4 Å². The van der Waals surface area contributed by atoms with Gasteiger partial charge < -0.3 is 4.90 Å². The van der Waals surface area contributed by atoms with Crippen LogP contribution in [0.25, 0.3) is 11.4 Å². The molecule has 0 fully saturated rings. The van der Waals surface area contributed by atoms with Gasteiger partial charge in [-0.3, -0.25) is 4.79 Å². The van der Waals surface area contributed by atoms with E-state index < -0.39 is 11.7 Å². The molecule has 4 nitrogen and oxygen atoms in total. The first-order chi connectivity index (χ1) is 13.8. The van der Waals surface area contributed by atoms with Crippen LogP contribution in [0, 0.1) is 5.82 Å². The second-order valence-electron chi connectivity index (χ2n) is 6.72. The molecule has 0 radical (unpaired) electrons. The van der Waals surface area contributed by atoms with E-state index in [1.165, 1.54) is 24.3 Å². The second-order valence-corrected chi connectivity index (χ2v) is 6.72. The van der Waals surface area contributed by atoms with Crippen LogP contribution >= 0.6 is 0 Å². The third-order valence-electron chi connectivity index (χ3n) is 4.78. The van der Waals surface area contributed by atoms with Gasteiger partial charge in [0.2, 0.25) is 0 Å². The topological polar surface area (TPSA) is 46.1 Å². The van der Waals surface area contributed by atoms with Crippen molar-refractivity contribution >= 4 is 5.91 Å². The van der Waals surface area contributed by atoms with E-state index in [9.17, 15) is 22.4 Å². The molecule has 0 unspecified atom stereocenters. The minimum absolute atomic E-state index is 0.199. The molecule has 2 aromatic carbocycles. The molecule has 0 saturated heterocycles. The molecule has 0 spiro atoms. The van der Waals surface area contributed by atoms with Crippen LogP contribution in [0.3, 0.4) is 0 Å². The van der Waals surface area contributed by atoms with E-state index in [-0.39, 0.29) is 23.8 Å². The number of amides is 1. The van der Waals surface area contributed by atoms with Crippen molar-refractivity contribution in [2.24, 2.45) is 0 Å². The number of carbonyl (C=O) groups excluding carboxylic acids is 1. The normalized spacial score (nSPS) is 13.9. The van der Waals surface area contributed by atoms with Crippen molar-refractivity contribution in [3.63, 3.8) is 0 Å². The Morgan fingerprint density at radius 3 is 2.34 bits per heavy atom. The second kappa shape index (κ2) is 7.27. The minimum atomic E-state index is -4.44. The van der Waals surface area contributed by atoms with Crippen LogP contribution in [0.2, 0.25) is 0 Å². The first kappa shape index (κ1) is 19.0. The SMILES string of the molecule is O=C(c1ccc(C(F)(F)F)cc1)N1CCc2nc(-c3ccc(F)cc3)ncc2C1. The zero-order chi connectivity index (χ0) is 20.6. The Balaban J connectivity index is 1.51. The average molecular weight is 401 g/mol. The molecular formula is C21H15F4N3O. The highest BCUT2D eigenvalue weighted by Crippen LogP contribution is 2.29. The standard InChI is InChI=1S/C21H15F4N3O/c22-17-7-3-13(4-8-17)19-26-11-15-12-28(10-9-18(15)27-19)20(29)14-1-5-16(6-2-14)21(23,24)25/h1-8,11H,9-10,12H2. The number of hydrogen-bond donors (Lipinski definition) is 0. The van der Waals surface area contributed by atoms with Crippen LogP contribution in [0.4, 0.5) is 17.6 Å². The summed E-state index contributed by atoms with van der Waals surface area (Å²) >= 11 is 0. The number of rotatable bonds is 2. The molecule has 3 aromatic rings. The zero-order valence-electron chi connectivity index (χ0n) is 15.1. The summed E-state index contributed by atoms with van der Waals surface area (Å²) in [5.74, 6) is -0.206. The lowest BCUT2D eigenvalue weighted by Gasteiger charge is -2.28. The van der Waals surface area contributed by atoms with Gasteiger partial charge in [-0.15, -0.1) is 0 Å². The highest BCUT2D eigenvalue weighted by molar-refractivity contribution is 5.94. The summed E-state index contributed by atoms with van der Waals surface area (Å²) in [5.41, 5.74) is 1.68. The van der Waals surface area contributed by atoms with E-state index in [1.54, 1.807) is 23.2 Å². The van der Waals surface area contributed by atoms with Crippen LogP contribution in [0.5, 0.6) is 0 Å². The van der Waals surface area contributed by atoms with Gasteiger partial charge in [-0.25, -0.2) is 14.4 Å². The van der Waals surface area contributed by atoms with E-state index in [0.29, 0.717) is 24.4 Å². The van der Waals surface area contributed by atoms with Crippen LogP contribution in [0.1, 0.15) is 27.2 Å². The number of nitrogens with zero attached hydrogens (tertiary/aromatic N) is 3. The molecule has 0 atom stereocenters. The number of hydrogen-bond acceptors (Lipinski definition) is 3. The summed E-state index contributed by atoms with van der Waals surface area (Å²) in [6.45, 7) is 0.672. The molecule has 0 aliphatic carbocycles. The molecule has 1 aliphatic heterocycles. The summed E-state index contributed by atoms with van der Waals surface area (Å²) in [6, 6.07) is 10.1. The van der Waals surface area contributed by atoms with Crippen LogP contribution < -0.4 is 0 Å². The quantitative estimate of drug-likeness (QED) is 0.594. The zero-order valence-corrected chi connectivity index (χ0v) is 15.1. The predicted molar refractivity (Wildman–Crippen MR) is 97.3 cm³/mol. The minimum Gasteiger partial charge on any atom is -0.334 e. The first-order valence-electron chi connectivity index (χ1n) is 8.88. The summed E-state index contributed by atoms with van der Waals surface area (Å²) < 4.78 is 51.1. The molecular weight excluding hydrogens is 386 g/mol. The van der Waals surface area contributed by atoms with Gasteiger partial charge in [-0.1, -0.05) is 0 Å². The van der Waals surface area contributed by atoms with Crippen molar-refractivity contribution in [2.45, 2.75) is 19.1 Å². The lowest BCUT2D eigenvalue weighted by atomic mass is 10.0. The molecule has 29 heavy (non-hydrogen) atoms. The Bertz CT molecular complexity index is 1050. The Morgan fingerprint density at radius 2 is 1.69 bits per heavy atom. The fraction of sp³-hybridized carbons (Fsp3) is 0.190. The third-order valence-corrected chi connectivity index (χ3v) is 4.78. The Morgan fingerprint density at radius 1 is 1.00 bits per heavy atom. The van der Waals surface area contributed by atoms with Crippen LogP contribution in [-0.4, -0.2) is 27.3 Å². The molecule has 0 N–H and O–H groups in total. The maximum atomic E-state index is 13.1. The number of fused-ring (bicyclic) bond motifs is 1. The lowest BCUT2D eigenvalue weighted by Crippen LogP contribution is -2.36. The Hall–Kier alpha value is -3.29. The summed E-state index contributed by atoms with van der Waals surface area (Å²) in [4.78, 5) is 23.0. The lowest BCUT2D eigenvalue weighted by molar-refractivity contribution is -0.137. The van der Waals surface area contributed by atoms with Crippen molar-refractivity contribution in [1.29, 1.82) is 0 Å². The predicted octanol–water partition coefficient (Wildman–Crippen LogP) is 4.50. The number of benzene rings is 2. The molecule has 1 aromatic heterocycles. The molecule has 4 rings (SSSR count). The van der Waals surface area contributed by atoms with Crippen molar-refractivity contribution in [3.8, 4) is 11.4 Å². The molecule has 0 saturated carbocycles. The maximum Gasteiger partial charge on any atom is 0.416 e.